The number of rotatable bonds is 17. The van der Waals surface area contributed by atoms with Crippen molar-refractivity contribution in [2.24, 2.45) is 0 Å². The maximum Gasteiger partial charge on any atom is 0.243 e. The molecule has 0 bridgehead atoms. The quantitative estimate of drug-likeness (QED) is 0.119. The maximum absolute atomic E-state index is 13.4. The highest BCUT2D eigenvalue weighted by atomic mass is 32.2. The number of fused-ring (bicyclic) bond motifs is 1. The predicted octanol–water partition coefficient (Wildman–Crippen LogP) is 8.00. The van der Waals surface area contributed by atoms with E-state index in [0.29, 0.717) is 29.2 Å². The van der Waals surface area contributed by atoms with E-state index in [2.05, 4.69) is 18.2 Å². The molecule has 0 atom stereocenters. The van der Waals surface area contributed by atoms with Gasteiger partial charge in [-0.1, -0.05) is 80.3 Å². The average molecular weight is 576 g/mol. The molecule has 3 aromatic carbocycles. The number of unbranched alkanes of at least 4 members (excludes halogenated alkanes) is 6. The third-order valence-corrected chi connectivity index (χ3v) is 8.73. The molecule has 1 heterocycles. The summed E-state index contributed by atoms with van der Waals surface area (Å²) in [5, 5.41) is 0.855. The van der Waals surface area contributed by atoms with Crippen LogP contribution in [0.1, 0.15) is 61.6 Å². The molecule has 0 amide bonds. The molecule has 0 saturated carbocycles. The molecule has 0 aliphatic carbocycles. The molecule has 0 aliphatic heterocycles. The fourth-order valence-corrected chi connectivity index (χ4v) is 6.33. The third-order valence-electron chi connectivity index (χ3n) is 7.13. The van der Waals surface area contributed by atoms with Crippen LogP contribution in [0.4, 0.5) is 0 Å². The standard InChI is InChI=1S/C34H41NO5S/c1-38-31-19-17-29(18-20-31)27-41(36,37)35-25-30(33-24-32(39-2)21-22-34(33)35)16-12-7-5-3-4-6-8-13-23-40-26-28-14-10-9-11-15-28/h9-12,14-22,24-25H,3-8,13,23,26-27H2,1-2H3. The van der Waals surface area contributed by atoms with Crippen LogP contribution in [0.3, 0.4) is 0 Å². The zero-order valence-corrected chi connectivity index (χ0v) is 24.9. The topological polar surface area (TPSA) is 66.8 Å². The van der Waals surface area contributed by atoms with Crippen LogP contribution in [-0.4, -0.2) is 33.2 Å². The van der Waals surface area contributed by atoms with Crippen LogP contribution in [0, 0.1) is 0 Å². The Labute approximate surface area is 244 Å². The van der Waals surface area contributed by atoms with Crippen LogP contribution in [0.2, 0.25) is 0 Å². The van der Waals surface area contributed by atoms with E-state index in [9.17, 15) is 8.42 Å². The number of hydrogen-bond donors (Lipinski definition) is 0. The summed E-state index contributed by atoms with van der Waals surface area (Å²) >= 11 is 0. The van der Waals surface area contributed by atoms with E-state index in [1.807, 2.05) is 36.4 Å². The molecule has 0 spiro atoms. The summed E-state index contributed by atoms with van der Waals surface area (Å²) in [7, 11) is -0.427. The van der Waals surface area contributed by atoms with E-state index in [1.54, 1.807) is 50.7 Å². The van der Waals surface area contributed by atoms with Crippen LogP contribution in [0.15, 0.2) is 85.1 Å². The fraction of sp³-hybridized carbons (Fsp3) is 0.353. The molecule has 0 N–H and O–H groups in total. The van der Waals surface area contributed by atoms with Crippen molar-refractivity contribution in [1.29, 1.82) is 0 Å². The number of aromatic nitrogens is 1. The van der Waals surface area contributed by atoms with Gasteiger partial charge < -0.3 is 14.2 Å². The lowest BCUT2D eigenvalue weighted by molar-refractivity contribution is 0.116. The minimum Gasteiger partial charge on any atom is -0.497 e. The van der Waals surface area contributed by atoms with Gasteiger partial charge in [-0.15, -0.1) is 0 Å². The predicted molar refractivity (Wildman–Crippen MR) is 167 cm³/mol. The lowest BCUT2D eigenvalue weighted by atomic mass is 10.1. The second-order valence-electron chi connectivity index (χ2n) is 10.2. The number of nitrogens with zero attached hydrogens (tertiary/aromatic N) is 1. The van der Waals surface area contributed by atoms with Crippen LogP contribution in [0.5, 0.6) is 11.5 Å². The van der Waals surface area contributed by atoms with Crippen molar-refractivity contribution in [3.63, 3.8) is 0 Å². The Morgan fingerprint density at radius 3 is 2.17 bits per heavy atom. The van der Waals surface area contributed by atoms with Gasteiger partial charge in [-0.05, 0) is 60.7 Å². The zero-order valence-electron chi connectivity index (χ0n) is 24.1. The van der Waals surface area contributed by atoms with E-state index in [4.69, 9.17) is 14.2 Å². The summed E-state index contributed by atoms with van der Waals surface area (Å²) in [4.78, 5) is 0. The van der Waals surface area contributed by atoms with Gasteiger partial charge in [0.2, 0.25) is 10.0 Å². The Balaban J connectivity index is 1.26. The van der Waals surface area contributed by atoms with Crippen LogP contribution in [0.25, 0.3) is 17.0 Å². The van der Waals surface area contributed by atoms with Gasteiger partial charge >= 0.3 is 0 Å². The van der Waals surface area contributed by atoms with Gasteiger partial charge in [0.1, 0.15) is 11.5 Å². The van der Waals surface area contributed by atoms with Gasteiger partial charge in [0, 0.05) is 23.8 Å². The van der Waals surface area contributed by atoms with Crippen LogP contribution in [-0.2, 0) is 27.1 Å². The Bertz CT molecular complexity index is 1490. The molecule has 0 aliphatic rings. The Kier molecular flexibility index (Phi) is 11.5. The van der Waals surface area contributed by atoms with Gasteiger partial charge in [-0.2, -0.15) is 0 Å². The van der Waals surface area contributed by atoms with Crippen molar-refractivity contribution in [3.8, 4) is 11.5 Å². The molecule has 1 aromatic heterocycles. The Hall–Kier alpha value is -3.55. The Morgan fingerprint density at radius 1 is 0.756 bits per heavy atom. The van der Waals surface area contributed by atoms with Crippen molar-refractivity contribution in [2.75, 3.05) is 20.8 Å². The molecular formula is C34H41NO5S. The molecule has 41 heavy (non-hydrogen) atoms. The number of benzene rings is 3. The summed E-state index contributed by atoms with van der Waals surface area (Å²) in [6, 6.07) is 22.9. The van der Waals surface area contributed by atoms with Crippen molar-refractivity contribution in [1.82, 2.24) is 3.97 Å². The van der Waals surface area contributed by atoms with Crippen molar-refractivity contribution >= 4 is 27.0 Å². The highest BCUT2D eigenvalue weighted by molar-refractivity contribution is 7.89. The largest absolute Gasteiger partial charge is 0.497 e. The highest BCUT2D eigenvalue weighted by Gasteiger charge is 2.19. The monoisotopic (exact) mass is 575 g/mol. The SMILES string of the molecule is COc1ccc(CS(=O)(=O)n2cc(C=CCCCCCCCCOCc3ccccc3)c3cc(OC)ccc32)cc1. The number of ether oxygens (including phenoxy) is 3. The van der Waals surface area contributed by atoms with Crippen molar-refractivity contribution in [2.45, 2.75) is 57.3 Å². The van der Waals surface area contributed by atoms with E-state index in [1.165, 1.54) is 35.2 Å². The summed E-state index contributed by atoms with van der Waals surface area (Å²) < 4.78 is 44.6. The molecule has 4 rings (SSSR count). The lowest BCUT2D eigenvalue weighted by Gasteiger charge is -2.09. The van der Waals surface area contributed by atoms with E-state index in [-0.39, 0.29) is 5.75 Å². The van der Waals surface area contributed by atoms with Gasteiger partial charge in [-0.3, -0.25) is 0 Å². The molecule has 7 heteroatoms. The second-order valence-corrected chi connectivity index (χ2v) is 12.1. The van der Waals surface area contributed by atoms with Crippen LogP contribution >= 0.6 is 0 Å². The van der Waals surface area contributed by atoms with E-state index >= 15 is 0 Å². The zero-order chi connectivity index (χ0) is 28.9. The minimum absolute atomic E-state index is 0.102. The molecule has 0 fully saturated rings. The normalized spacial score (nSPS) is 11.9. The Morgan fingerprint density at radius 2 is 1.44 bits per heavy atom. The number of allylic oxidation sites excluding steroid dienone is 1. The fourth-order valence-electron chi connectivity index (χ4n) is 4.84. The molecule has 6 nitrogen and oxygen atoms in total. The van der Waals surface area contributed by atoms with Crippen LogP contribution < -0.4 is 9.47 Å². The molecule has 0 radical (unpaired) electrons. The summed E-state index contributed by atoms with van der Waals surface area (Å²) in [6.07, 6.45) is 13.9. The lowest BCUT2D eigenvalue weighted by Crippen LogP contribution is -2.14. The van der Waals surface area contributed by atoms with Gasteiger partial charge in [0.15, 0.2) is 0 Å². The summed E-state index contributed by atoms with van der Waals surface area (Å²) in [5.74, 6) is 1.29. The number of methoxy groups -OCH3 is 2. The first-order valence-electron chi connectivity index (χ1n) is 14.3. The molecule has 218 valence electrons. The molecule has 0 saturated heterocycles. The average Bonchev–Trinajstić information content (AvgIpc) is 3.37. The summed E-state index contributed by atoms with van der Waals surface area (Å²) in [6.45, 7) is 1.50. The van der Waals surface area contributed by atoms with Gasteiger partial charge in [0.05, 0.1) is 32.1 Å². The smallest absolute Gasteiger partial charge is 0.243 e. The minimum atomic E-state index is -3.63. The van der Waals surface area contributed by atoms with Gasteiger partial charge in [0.25, 0.3) is 0 Å². The number of hydrogen-bond acceptors (Lipinski definition) is 5. The van der Waals surface area contributed by atoms with Crippen molar-refractivity contribution in [3.05, 3.63) is 102 Å². The molecule has 4 aromatic rings. The highest BCUT2D eigenvalue weighted by Crippen LogP contribution is 2.29. The first-order valence-corrected chi connectivity index (χ1v) is 15.9. The van der Waals surface area contributed by atoms with Crippen molar-refractivity contribution < 1.29 is 22.6 Å². The first kappa shape index (κ1) is 30.4. The maximum atomic E-state index is 13.4. The first-order chi connectivity index (χ1) is 20.0. The summed E-state index contributed by atoms with van der Waals surface area (Å²) in [5.41, 5.74) is 3.44. The van der Waals surface area contributed by atoms with E-state index < -0.39 is 10.0 Å². The van der Waals surface area contributed by atoms with E-state index in [0.717, 1.165) is 36.8 Å². The molecular weight excluding hydrogens is 534 g/mol. The molecule has 0 unspecified atom stereocenters. The second kappa shape index (κ2) is 15.5. The third kappa shape index (κ3) is 8.97. The van der Waals surface area contributed by atoms with Gasteiger partial charge in [-0.25, -0.2) is 12.4 Å².